The Labute approximate surface area is 74.3 Å². The lowest BCUT2D eigenvalue weighted by Crippen LogP contribution is -2.33. The zero-order valence-corrected chi connectivity index (χ0v) is 8.22. The van der Waals surface area contributed by atoms with Crippen LogP contribution in [0.3, 0.4) is 0 Å². The second kappa shape index (κ2) is 3.46. The molecule has 0 aromatic rings. The average molecular weight is 170 g/mol. The van der Waals surface area contributed by atoms with Gasteiger partial charge in [-0.1, -0.05) is 6.92 Å². The molecule has 0 unspecified atom stereocenters. The summed E-state index contributed by atoms with van der Waals surface area (Å²) < 4.78 is 4.79. The third kappa shape index (κ3) is 1.79. The van der Waals surface area contributed by atoms with Gasteiger partial charge in [0.25, 0.3) is 0 Å². The van der Waals surface area contributed by atoms with Gasteiger partial charge in [-0.15, -0.1) is 0 Å². The first-order chi connectivity index (χ1) is 5.58. The molecule has 0 heterocycles. The van der Waals surface area contributed by atoms with Crippen molar-refractivity contribution in [3.63, 3.8) is 0 Å². The van der Waals surface area contributed by atoms with E-state index in [-0.39, 0.29) is 11.4 Å². The molecular formula is C10H18O2. The van der Waals surface area contributed by atoms with Crippen LogP contribution >= 0.6 is 0 Å². The fourth-order valence-corrected chi connectivity index (χ4v) is 1.85. The molecule has 12 heavy (non-hydrogen) atoms. The van der Waals surface area contributed by atoms with Gasteiger partial charge < -0.3 is 4.74 Å². The van der Waals surface area contributed by atoms with Crippen molar-refractivity contribution in [1.82, 2.24) is 0 Å². The lowest BCUT2D eigenvalue weighted by atomic mass is 9.72. The van der Waals surface area contributed by atoms with Gasteiger partial charge >= 0.3 is 5.97 Å². The third-order valence-corrected chi connectivity index (χ3v) is 3.06. The first-order valence-electron chi connectivity index (χ1n) is 4.67. The smallest absolute Gasteiger partial charge is 0.311 e. The van der Waals surface area contributed by atoms with Crippen LogP contribution < -0.4 is 0 Å². The van der Waals surface area contributed by atoms with E-state index in [0.717, 1.165) is 31.6 Å². The number of methoxy groups -OCH3 is 1. The number of hydrogen-bond acceptors (Lipinski definition) is 2. The van der Waals surface area contributed by atoms with Crippen molar-refractivity contribution >= 4 is 5.97 Å². The Morgan fingerprint density at radius 2 is 1.92 bits per heavy atom. The van der Waals surface area contributed by atoms with E-state index in [9.17, 15) is 4.79 Å². The molecule has 0 saturated heterocycles. The van der Waals surface area contributed by atoms with E-state index in [2.05, 4.69) is 6.92 Å². The van der Waals surface area contributed by atoms with Crippen LogP contribution in [-0.4, -0.2) is 13.1 Å². The minimum absolute atomic E-state index is 0.0330. The van der Waals surface area contributed by atoms with Crippen LogP contribution in [0.5, 0.6) is 0 Å². The highest BCUT2D eigenvalue weighted by Gasteiger charge is 2.37. The monoisotopic (exact) mass is 170 g/mol. The lowest BCUT2D eigenvalue weighted by Gasteiger charge is -2.33. The van der Waals surface area contributed by atoms with Gasteiger partial charge in [0.1, 0.15) is 0 Å². The van der Waals surface area contributed by atoms with Gasteiger partial charge in [-0.3, -0.25) is 4.79 Å². The van der Waals surface area contributed by atoms with Crippen LogP contribution in [0.15, 0.2) is 0 Å². The molecule has 0 N–H and O–H groups in total. The third-order valence-electron chi connectivity index (χ3n) is 3.06. The molecule has 1 rings (SSSR count). The van der Waals surface area contributed by atoms with E-state index < -0.39 is 0 Å². The van der Waals surface area contributed by atoms with Gasteiger partial charge in [0.2, 0.25) is 0 Å². The van der Waals surface area contributed by atoms with Crippen LogP contribution in [0.4, 0.5) is 0 Å². The van der Waals surface area contributed by atoms with Gasteiger partial charge in [0, 0.05) is 0 Å². The lowest BCUT2D eigenvalue weighted by molar-refractivity contribution is -0.154. The predicted molar refractivity (Wildman–Crippen MR) is 47.8 cm³/mol. The molecule has 0 amide bonds. The summed E-state index contributed by atoms with van der Waals surface area (Å²) in [6.45, 7) is 4.27. The Kier molecular flexibility index (Phi) is 2.76. The van der Waals surface area contributed by atoms with E-state index in [4.69, 9.17) is 4.74 Å². The van der Waals surface area contributed by atoms with Crippen molar-refractivity contribution in [2.75, 3.05) is 7.11 Å². The SMILES string of the molecule is COC(=O)[C@]1(C)CC[C@@H](C)CC1. The Bertz CT molecular complexity index is 167. The van der Waals surface area contributed by atoms with E-state index in [0.29, 0.717) is 0 Å². The molecule has 1 saturated carbocycles. The molecule has 1 fully saturated rings. The van der Waals surface area contributed by atoms with Crippen molar-refractivity contribution < 1.29 is 9.53 Å². The topological polar surface area (TPSA) is 26.3 Å². The Hall–Kier alpha value is -0.530. The van der Waals surface area contributed by atoms with Crippen molar-refractivity contribution in [1.29, 1.82) is 0 Å². The summed E-state index contributed by atoms with van der Waals surface area (Å²) in [6.07, 6.45) is 4.29. The number of esters is 1. The van der Waals surface area contributed by atoms with E-state index in [1.54, 1.807) is 0 Å². The van der Waals surface area contributed by atoms with Crippen LogP contribution in [0.2, 0.25) is 0 Å². The maximum Gasteiger partial charge on any atom is 0.311 e. The van der Waals surface area contributed by atoms with Crippen molar-refractivity contribution in [2.45, 2.75) is 39.5 Å². The van der Waals surface area contributed by atoms with Gasteiger partial charge in [-0.05, 0) is 38.5 Å². The van der Waals surface area contributed by atoms with Gasteiger partial charge in [0.05, 0.1) is 12.5 Å². The average Bonchev–Trinajstić information content (AvgIpc) is 2.09. The molecule has 0 bridgehead atoms. The van der Waals surface area contributed by atoms with E-state index >= 15 is 0 Å². The van der Waals surface area contributed by atoms with Crippen LogP contribution in [-0.2, 0) is 9.53 Å². The zero-order chi connectivity index (χ0) is 9.19. The van der Waals surface area contributed by atoms with Crippen molar-refractivity contribution in [2.24, 2.45) is 11.3 Å². The highest BCUT2D eigenvalue weighted by atomic mass is 16.5. The summed E-state index contributed by atoms with van der Waals surface area (Å²) in [4.78, 5) is 11.4. The number of carbonyl (C=O) groups excluding carboxylic acids is 1. The van der Waals surface area contributed by atoms with Crippen LogP contribution in [0, 0.1) is 11.3 Å². The quantitative estimate of drug-likeness (QED) is 0.565. The van der Waals surface area contributed by atoms with Crippen LogP contribution in [0.1, 0.15) is 39.5 Å². The molecular weight excluding hydrogens is 152 g/mol. The normalized spacial score (nSPS) is 36.1. The number of carbonyl (C=O) groups is 1. The van der Waals surface area contributed by atoms with Crippen molar-refractivity contribution in [3.05, 3.63) is 0 Å². The fourth-order valence-electron chi connectivity index (χ4n) is 1.85. The molecule has 1 aliphatic carbocycles. The molecule has 2 heteroatoms. The van der Waals surface area contributed by atoms with Gasteiger partial charge in [-0.2, -0.15) is 0 Å². The number of ether oxygens (including phenoxy) is 1. The molecule has 0 aromatic carbocycles. The van der Waals surface area contributed by atoms with Crippen molar-refractivity contribution in [3.8, 4) is 0 Å². The molecule has 0 spiro atoms. The van der Waals surface area contributed by atoms with Gasteiger partial charge in [-0.25, -0.2) is 0 Å². The van der Waals surface area contributed by atoms with E-state index in [1.165, 1.54) is 7.11 Å². The standard InChI is InChI=1S/C10H18O2/c1-8-4-6-10(2,7-5-8)9(11)12-3/h8H,4-7H2,1-3H3/t8-,10-. The maximum atomic E-state index is 11.4. The highest BCUT2D eigenvalue weighted by Crippen LogP contribution is 2.39. The minimum Gasteiger partial charge on any atom is -0.469 e. The molecule has 0 atom stereocenters. The van der Waals surface area contributed by atoms with E-state index in [1.807, 2.05) is 6.92 Å². The summed E-state index contributed by atoms with van der Waals surface area (Å²) in [5, 5.41) is 0. The first-order valence-corrected chi connectivity index (χ1v) is 4.67. The zero-order valence-electron chi connectivity index (χ0n) is 8.22. The first kappa shape index (κ1) is 9.56. The second-order valence-corrected chi connectivity index (χ2v) is 4.23. The number of hydrogen-bond donors (Lipinski definition) is 0. The summed E-state index contributed by atoms with van der Waals surface area (Å²) in [5.74, 6) is 0.747. The van der Waals surface area contributed by atoms with Gasteiger partial charge in [0.15, 0.2) is 0 Å². The Morgan fingerprint density at radius 3 is 2.33 bits per heavy atom. The molecule has 0 aromatic heterocycles. The summed E-state index contributed by atoms with van der Waals surface area (Å²) in [5.41, 5.74) is -0.193. The second-order valence-electron chi connectivity index (χ2n) is 4.23. The molecule has 2 nitrogen and oxygen atoms in total. The predicted octanol–water partition coefficient (Wildman–Crippen LogP) is 2.38. The summed E-state index contributed by atoms with van der Waals surface area (Å²) in [6, 6.07) is 0. The number of rotatable bonds is 1. The molecule has 1 aliphatic rings. The molecule has 0 radical (unpaired) electrons. The Balaban J connectivity index is 2.55. The largest absolute Gasteiger partial charge is 0.469 e. The minimum atomic E-state index is -0.193. The maximum absolute atomic E-state index is 11.4. The summed E-state index contributed by atoms with van der Waals surface area (Å²) >= 11 is 0. The fraction of sp³-hybridized carbons (Fsp3) is 0.900. The molecule has 0 aliphatic heterocycles. The summed E-state index contributed by atoms with van der Waals surface area (Å²) in [7, 11) is 1.48. The molecule has 70 valence electrons. The van der Waals surface area contributed by atoms with Crippen LogP contribution in [0.25, 0.3) is 0 Å². The highest BCUT2D eigenvalue weighted by molar-refractivity contribution is 5.76. The Morgan fingerprint density at radius 1 is 1.42 bits per heavy atom.